The van der Waals surface area contributed by atoms with E-state index in [0.717, 1.165) is 13.0 Å². The van der Waals surface area contributed by atoms with Crippen LogP contribution in [0.5, 0.6) is 0 Å². The summed E-state index contributed by atoms with van der Waals surface area (Å²) in [7, 11) is 3.22. The second kappa shape index (κ2) is 5.70. The minimum atomic E-state index is 0.727. The van der Waals surface area contributed by atoms with Crippen molar-refractivity contribution in [2.24, 2.45) is 0 Å². The molecule has 0 aliphatic rings. The van der Waals surface area contributed by atoms with Gasteiger partial charge in [-0.05, 0) is 13.3 Å². The van der Waals surface area contributed by atoms with Crippen molar-refractivity contribution in [1.82, 2.24) is 0 Å². The molecule has 0 aromatic heterocycles. The summed E-state index contributed by atoms with van der Waals surface area (Å²) in [5.74, 6) is 0. The molecule has 0 aromatic carbocycles. The van der Waals surface area contributed by atoms with Crippen LogP contribution in [0.3, 0.4) is 0 Å². The summed E-state index contributed by atoms with van der Waals surface area (Å²) in [5, 5.41) is 0. The molecule has 0 atom stereocenters. The molecule has 0 heterocycles. The van der Waals surface area contributed by atoms with E-state index in [-0.39, 0.29) is 0 Å². The van der Waals surface area contributed by atoms with Gasteiger partial charge in [-0.25, -0.2) is 0 Å². The van der Waals surface area contributed by atoms with Gasteiger partial charge in [0, 0.05) is 0 Å². The average Bonchev–Trinajstić information content (AvgIpc) is 1.69. The lowest BCUT2D eigenvalue weighted by Gasteiger charge is -1.87. The summed E-state index contributed by atoms with van der Waals surface area (Å²) in [6.07, 6.45) is 5.02. The topological polar surface area (TPSA) is 9.23 Å². The van der Waals surface area contributed by atoms with Gasteiger partial charge in [-0.15, -0.1) is 0 Å². The van der Waals surface area contributed by atoms with Gasteiger partial charge in [-0.3, -0.25) is 0 Å². The van der Waals surface area contributed by atoms with Crippen molar-refractivity contribution in [2.45, 2.75) is 13.3 Å². The molecule has 0 rings (SSSR count). The van der Waals surface area contributed by atoms with Crippen molar-refractivity contribution >= 4 is 0 Å². The zero-order chi connectivity index (χ0) is 5.54. The molecule has 0 bridgehead atoms. The number of ether oxygens (including phenoxy) is 1. The molecule has 0 spiro atoms. The van der Waals surface area contributed by atoms with E-state index < -0.39 is 0 Å². The number of hydrogen-bond donors (Lipinski definition) is 0. The quantitative estimate of drug-likeness (QED) is 0.387. The van der Waals surface area contributed by atoms with Crippen molar-refractivity contribution in [2.75, 3.05) is 6.61 Å². The highest BCUT2D eigenvalue weighted by Gasteiger charge is 1.72. The van der Waals surface area contributed by atoms with Crippen LogP contribution in [-0.2, 0) is 4.74 Å². The van der Waals surface area contributed by atoms with Crippen molar-refractivity contribution in [1.29, 1.82) is 0 Å². The van der Waals surface area contributed by atoms with E-state index in [2.05, 4.69) is 11.8 Å². The summed E-state index contributed by atoms with van der Waals surface area (Å²) < 4.78 is 4.54. The predicted molar refractivity (Wildman–Crippen MR) is 30.7 cm³/mol. The molecular formula is C6H11O. The average molecular weight is 99.2 g/mol. The Balaban J connectivity index is 2.69. The third-order valence-electron chi connectivity index (χ3n) is 0.665. The maximum absolute atomic E-state index is 4.54. The van der Waals surface area contributed by atoms with E-state index in [4.69, 9.17) is 0 Å². The fraction of sp³-hybridized carbons (Fsp3) is 0.500. The number of hydrogen-bond acceptors (Lipinski definition) is 1. The van der Waals surface area contributed by atoms with Crippen LogP contribution in [-0.4, -0.2) is 6.61 Å². The second-order valence-electron chi connectivity index (χ2n) is 1.27. The van der Waals surface area contributed by atoms with E-state index in [1.165, 1.54) is 0 Å². The molecule has 0 saturated heterocycles. The van der Waals surface area contributed by atoms with E-state index >= 15 is 0 Å². The highest BCUT2D eigenvalue weighted by atomic mass is 16.5. The lowest BCUT2D eigenvalue weighted by molar-refractivity contribution is 0.248. The van der Waals surface area contributed by atoms with Crippen LogP contribution >= 0.6 is 0 Å². The van der Waals surface area contributed by atoms with Crippen LogP contribution in [0.1, 0.15) is 13.3 Å². The molecule has 0 N–H and O–H groups in total. The van der Waals surface area contributed by atoms with E-state index in [1.54, 1.807) is 0 Å². The van der Waals surface area contributed by atoms with E-state index in [1.807, 2.05) is 19.1 Å². The molecule has 41 valence electrons. The Morgan fingerprint density at radius 3 is 2.86 bits per heavy atom. The van der Waals surface area contributed by atoms with Gasteiger partial charge in [-0.2, -0.15) is 0 Å². The van der Waals surface area contributed by atoms with Crippen molar-refractivity contribution in [3.63, 3.8) is 0 Å². The van der Waals surface area contributed by atoms with Gasteiger partial charge < -0.3 is 4.74 Å². The van der Waals surface area contributed by atoms with Crippen LogP contribution < -0.4 is 0 Å². The van der Waals surface area contributed by atoms with Gasteiger partial charge >= 0.3 is 0 Å². The van der Waals surface area contributed by atoms with Gasteiger partial charge in [0.2, 0.25) is 0 Å². The summed E-state index contributed by atoms with van der Waals surface area (Å²) in [5.41, 5.74) is 0. The van der Waals surface area contributed by atoms with Crippen molar-refractivity contribution in [3.8, 4) is 0 Å². The normalized spacial score (nSPS) is 10.6. The molecular weight excluding hydrogens is 88.1 g/mol. The van der Waals surface area contributed by atoms with Crippen LogP contribution in [0.15, 0.2) is 12.2 Å². The van der Waals surface area contributed by atoms with Crippen molar-refractivity contribution in [3.05, 3.63) is 19.3 Å². The SMILES string of the molecule is [CH2]OCC/C=C/C. The molecule has 0 unspecified atom stereocenters. The second-order valence-corrected chi connectivity index (χ2v) is 1.27. The monoisotopic (exact) mass is 99.1 g/mol. The van der Waals surface area contributed by atoms with Gasteiger partial charge in [-0.1, -0.05) is 12.2 Å². The maximum atomic E-state index is 4.54. The Hall–Kier alpha value is -0.300. The molecule has 7 heavy (non-hydrogen) atoms. The molecule has 0 saturated carbocycles. The van der Waals surface area contributed by atoms with Gasteiger partial charge in [0.1, 0.15) is 0 Å². The fourth-order valence-corrected chi connectivity index (χ4v) is 0.318. The van der Waals surface area contributed by atoms with Gasteiger partial charge in [0.25, 0.3) is 0 Å². The largest absolute Gasteiger partial charge is 0.379 e. The third-order valence-corrected chi connectivity index (χ3v) is 0.665. The highest BCUT2D eigenvalue weighted by Crippen LogP contribution is 1.81. The summed E-state index contributed by atoms with van der Waals surface area (Å²) >= 11 is 0. The highest BCUT2D eigenvalue weighted by molar-refractivity contribution is 4.75. The molecule has 0 aliphatic carbocycles. The molecule has 0 amide bonds. The van der Waals surface area contributed by atoms with Crippen LogP contribution in [0.25, 0.3) is 0 Å². The first-order valence-corrected chi connectivity index (χ1v) is 2.40. The summed E-state index contributed by atoms with van der Waals surface area (Å²) in [6, 6.07) is 0. The lowest BCUT2D eigenvalue weighted by Crippen LogP contribution is -1.80. The standard InChI is InChI=1S/C6H11O/c1-3-4-5-6-7-2/h3-4H,2,5-6H2,1H3/b4-3+. The summed E-state index contributed by atoms with van der Waals surface area (Å²) in [4.78, 5) is 0. The zero-order valence-electron chi connectivity index (χ0n) is 4.68. The van der Waals surface area contributed by atoms with Crippen LogP contribution in [0.4, 0.5) is 0 Å². The first-order chi connectivity index (χ1) is 3.41. The smallest absolute Gasteiger partial charge is 0.0700 e. The van der Waals surface area contributed by atoms with Crippen molar-refractivity contribution < 1.29 is 4.74 Å². The minimum absolute atomic E-state index is 0.727. The number of rotatable bonds is 3. The van der Waals surface area contributed by atoms with Gasteiger partial charge in [0.15, 0.2) is 0 Å². The van der Waals surface area contributed by atoms with E-state index in [0.29, 0.717) is 0 Å². The Morgan fingerprint density at radius 1 is 1.71 bits per heavy atom. The Labute approximate surface area is 45.0 Å². The molecule has 1 radical (unpaired) electrons. The summed E-state index contributed by atoms with van der Waals surface area (Å²) in [6.45, 7) is 2.72. The molecule has 1 heteroatoms. The molecule has 0 aromatic rings. The minimum Gasteiger partial charge on any atom is -0.379 e. The molecule has 0 fully saturated rings. The zero-order valence-corrected chi connectivity index (χ0v) is 4.68. The lowest BCUT2D eigenvalue weighted by atomic mass is 10.4. The van der Waals surface area contributed by atoms with E-state index in [9.17, 15) is 0 Å². The maximum Gasteiger partial charge on any atom is 0.0700 e. The Morgan fingerprint density at radius 2 is 2.43 bits per heavy atom. The third kappa shape index (κ3) is 5.70. The molecule has 1 nitrogen and oxygen atoms in total. The first-order valence-electron chi connectivity index (χ1n) is 2.40. The predicted octanol–water partition coefficient (Wildman–Crippen LogP) is 1.76. The van der Waals surface area contributed by atoms with Crippen LogP contribution in [0, 0.1) is 7.11 Å². The van der Waals surface area contributed by atoms with Crippen LogP contribution in [0.2, 0.25) is 0 Å². The number of allylic oxidation sites excluding steroid dienone is 1. The molecule has 0 aliphatic heterocycles. The Kier molecular flexibility index (Phi) is 5.46. The van der Waals surface area contributed by atoms with Gasteiger partial charge in [0.05, 0.1) is 13.7 Å². The Bertz CT molecular complexity index is 48.1. The first kappa shape index (κ1) is 6.70. The fourth-order valence-electron chi connectivity index (χ4n) is 0.318.